The number of nitrogens with one attached hydrogen (secondary N) is 1. The molecule has 2 saturated heterocycles. The molecule has 2 amide bonds. The first-order chi connectivity index (χ1) is 13.9. The molecule has 1 aromatic rings. The van der Waals surface area contributed by atoms with Gasteiger partial charge in [0, 0.05) is 26.6 Å². The molecular weight excluding hydrogens is 374 g/mol. The zero-order chi connectivity index (χ0) is 20.4. The first-order valence-corrected chi connectivity index (χ1v) is 10.6. The van der Waals surface area contributed by atoms with Crippen LogP contribution in [0.5, 0.6) is 0 Å². The normalized spacial score (nSPS) is 24.5. The molecule has 3 fully saturated rings. The maximum absolute atomic E-state index is 13.2. The highest BCUT2D eigenvalue weighted by Gasteiger charge is 2.53. The Kier molecular flexibility index (Phi) is 5.56. The smallest absolute Gasteiger partial charge is 0.307 e. The fraction of sp³-hybridized carbons (Fsp3) is 0.750. The first kappa shape index (κ1) is 19.8. The van der Waals surface area contributed by atoms with E-state index in [1.807, 2.05) is 4.90 Å². The third kappa shape index (κ3) is 4.28. The molecule has 4 rings (SSSR count). The van der Waals surface area contributed by atoms with Crippen molar-refractivity contribution in [1.82, 2.24) is 19.7 Å². The second-order valence-corrected chi connectivity index (χ2v) is 8.62. The van der Waals surface area contributed by atoms with Crippen LogP contribution in [0, 0.1) is 11.8 Å². The molecule has 1 unspecified atom stereocenters. The van der Waals surface area contributed by atoms with Crippen molar-refractivity contribution in [2.24, 2.45) is 18.9 Å². The quantitative estimate of drug-likeness (QED) is 0.766. The van der Waals surface area contributed by atoms with E-state index in [2.05, 4.69) is 15.4 Å². The summed E-state index contributed by atoms with van der Waals surface area (Å²) in [4.78, 5) is 43.3. The third-order valence-electron chi connectivity index (χ3n) is 6.57. The second kappa shape index (κ2) is 8.12. The highest BCUT2D eigenvalue weighted by Crippen LogP contribution is 2.45. The van der Waals surface area contributed by atoms with Gasteiger partial charge in [0.15, 0.2) is 0 Å². The number of nitrogens with zero attached hydrogens (tertiary/aromatic N) is 4. The number of esters is 1. The van der Waals surface area contributed by atoms with Crippen LogP contribution in [0.25, 0.3) is 0 Å². The number of rotatable bonds is 4. The maximum atomic E-state index is 13.2. The Bertz CT molecular complexity index is 778. The fourth-order valence-electron chi connectivity index (χ4n) is 5.02. The van der Waals surface area contributed by atoms with Crippen molar-refractivity contribution >= 4 is 23.7 Å². The number of carbonyl (C=O) groups is 3. The number of hydrogen-bond acceptors (Lipinski definition) is 6. The van der Waals surface area contributed by atoms with Crippen molar-refractivity contribution in [1.29, 1.82) is 0 Å². The topological polar surface area (TPSA) is 106 Å². The molecule has 2 aliphatic heterocycles. The van der Waals surface area contributed by atoms with Crippen LogP contribution in [0.15, 0.2) is 6.33 Å². The summed E-state index contributed by atoms with van der Waals surface area (Å²) in [5, 5.41) is 6.77. The van der Waals surface area contributed by atoms with Gasteiger partial charge in [-0.05, 0) is 44.4 Å². The lowest BCUT2D eigenvalue weighted by Gasteiger charge is -2.39. The summed E-state index contributed by atoms with van der Waals surface area (Å²) < 4.78 is 7.23. The van der Waals surface area contributed by atoms with Gasteiger partial charge in [0.05, 0.1) is 12.3 Å². The number of aryl methyl sites for hydroxylation is 1. The Morgan fingerprint density at radius 3 is 2.62 bits per heavy atom. The van der Waals surface area contributed by atoms with E-state index in [1.54, 1.807) is 7.05 Å². The minimum atomic E-state index is -0.571. The van der Waals surface area contributed by atoms with E-state index < -0.39 is 5.60 Å². The zero-order valence-corrected chi connectivity index (χ0v) is 16.9. The van der Waals surface area contributed by atoms with Crippen LogP contribution in [0.3, 0.4) is 0 Å². The molecule has 29 heavy (non-hydrogen) atoms. The van der Waals surface area contributed by atoms with Crippen LogP contribution in [-0.4, -0.2) is 56.1 Å². The van der Waals surface area contributed by atoms with Crippen LogP contribution in [0.4, 0.5) is 5.95 Å². The van der Waals surface area contributed by atoms with Crippen molar-refractivity contribution in [3.63, 3.8) is 0 Å². The van der Waals surface area contributed by atoms with Gasteiger partial charge >= 0.3 is 5.97 Å². The summed E-state index contributed by atoms with van der Waals surface area (Å²) in [5.41, 5.74) is -0.571. The van der Waals surface area contributed by atoms with Crippen molar-refractivity contribution in [2.75, 3.05) is 18.4 Å². The SMILES string of the molecule is Cn1cnc(NC(=O)CC2CCN(C(=O)C3CC(=O)OC34CCCCC4)CC2)n1. The van der Waals surface area contributed by atoms with Crippen LogP contribution in [0.1, 0.15) is 57.8 Å². The molecule has 1 spiro atoms. The number of carbonyl (C=O) groups excluding carboxylic acids is 3. The van der Waals surface area contributed by atoms with Gasteiger partial charge in [-0.15, -0.1) is 5.10 Å². The molecule has 0 bridgehead atoms. The molecule has 1 aliphatic carbocycles. The van der Waals surface area contributed by atoms with Gasteiger partial charge in [-0.25, -0.2) is 4.98 Å². The van der Waals surface area contributed by atoms with Gasteiger partial charge in [-0.2, -0.15) is 0 Å². The molecule has 3 aliphatic rings. The Morgan fingerprint density at radius 2 is 1.97 bits per heavy atom. The Morgan fingerprint density at radius 1 is 1.24 bits per heavy atom. The lowest BCUT2D eigenvalue weighted by Crippen LogP contribution is -2.49. The average Bonchev–Trinajstić information content (AvgIpc) is 3.24. The predicted octanol–water partition coefficient (Wildman–Crippen LogP) is 1.65. The fourth-order valence-corrected chi connectivity index (χ4v) is 5.02. The minimum absolute atomic E-state index is 0.0540. The monoisotopic (exact) mass is 403 g/mol. The van der Waals surface area contributed by atoms with Crippen molar-refractivity contribution in [2.45, 2.75) is 63.4 Å². The number of piperidine rings is 1. The first-order valence-electron chi connectivity index (χ1n) is 10.6. The summed E-state index contributed by atoms with van der Waals surface area (Å²) in [6.45, 7) is 1.25. The van der Waals surface area contributed by atoms with E-state index in [-0.39, 0.29) is 36.0 Å². The Labute approximate surface area is 170 Å². The lowest BCUT2D eigenvalue weighted by atomic mass is 9.75. The summed E-state index contributed by atoms with van der Waals surface area (Å²) in [7, 11) is 1.75. The molecule has 9 heteroatoms. The van der Waals surface area contributed by atoms with Gasteiger partial charge in [0.2, 0.25) is 17.8 Å². The van der Waals surface area contributed by atoms with Crippen molar-refractivity contribution in [3.05, 3.63) is 6.33 Å². The third-order valence-corrected chi connectivity index (χ3v) is 6.57. The maximum Gasteiger partial charge on any atom is 0.307 e. The van der Waals surface area contributed by atoms with Gasteiger partial charge in [-0.3, -0.25) is 24.4 Å². The molecule has 1 N–H and O–H groups in total. The van der Waals surface area contributed by atoms with Gasteiger partial charge < -0.3 is 9.64 Å². The number of likely N-dealkylation sites (tertiary alicyclic amines) is 1. The average molecular weight is 403 g/mol. The molecule has 0 aromatic carbocycles. The summed E-state index contributed by atoms with van der Waals surface area (Å²) in [5.74, 6) is -0.0813. The largest absolute Gasteiger partial charge is 0.458 e. The summed E-state index contributed by atoms with van der Waals surface area (Å²) >= 11 is 0. The van der Waals surface area contributed by atoms with Crippen molar-refractivity contribution < 1.29 is 19.1 Å². The summed E-state index contributed by atoms with van der Waals surface area (Å²) in [6.07, 6.45) is 8.47. The van der Waals surface area contributed by atoms with Crippen molar-refractivity contribution in [3.8, 4) is 0 Å². The van der Waals surface area contributed by atoms with E-state index >= 15 is 0 Å². The number of aromatic nitrogens is 3. The lowest BCUT2D eigenvalue weighted by molar-refractivity contribution is -0.156. The highest BCUT2D eigenvalue weighted by molar-refractivity contribution is 5.89. The number of hydrogen-bond donors (Lipinski definition) is 1. The van der Waals surface area contributed by atoms with Gasteiger partial charge in [0.1, 0.15) is 11.9 Å². The standard InChI is InChI=1S/C20H29N5O4/c1-24-13-21-19(23-24)22-16(26)11-14-5-9-25(10-6-14)18(28)15-12-17(27)29-20(15)7-3-2-4-8-20/h13-15H,2-12H2,1H3,(H,22,23,26). The minimum Gasteiger partial charge on any atom is -0.458 e. The highest BCUT2D eigenvalue weighted by atomic mass is 16.6. The van der Waals surface area contributed by atoms with Gasteiger partial charge in [-0.1, -0.05) is 6.42 Å². The number of amides is 2. The van der Waals surface area contributed by atoms with Gasteiger partial charge in [0.25, 0.3) is 0 Å². The van der Waals surface area contributed by atoms with E-state index in [0.29, 0.717) is 25.5 Å². The molecule has 1 aromatic heterocycles. The Balaban J connectivity index is 1.29. The number of ether oxygens (including phenoxy) is 1. The summed E-state index contributed by atoms with van der Waals surface area (Å²) in [6, 6.07) is 0. The van der Waals surface area contributed by atoms with E-state index in [0.717, 1.165) is 44.9 Å². The van der Waals surface area contributed by atoms with Crippen LogP contribution in [0.2, 0.25) is 0 Å². The second-order valence-electron chi connectivity index (χ2n) is 8.62. The molecular formula is C20H29N5O4. The molecule has 158 valence electrons. The van der Waals surface area contributed by atoms with E-state index in [9.17, 15) is 14.4 Å². The molecule has 1 atom stereocenters. The van der Waals surface area contributed by atoms with E-state index in [1.165, 1.54) is 11.0 Å². The van der Waals surface area contributed by atoms with E-state index in [4.69, 9.17) is 4.74 Å². The zero-order valence-electron chi connectivity index (χ0n) is 16.9. The molecule has 3 heterocycles. The molecule has 1 saturated carbocycles. The Hall–Kier alpha value is -2.45. The molecule has 9 nitrogen and oxygen atoms in total. The predicted molar refractivity (Wildman–Crippen MR) is 104 cm³/mol. The van der Waals surface area contributed by atoms with Crippen LogP contribution < -0.4 is 5.32 Å². The van der Waals surface area contributed by atoms with Crippen LogP contribution in [-0.2, 0) is 26.2 Å². The molecule has 0 radical (unpaired) electrons. The van der Waals surface area contributed by atoms with Crippen LogP contribution >= 0.6 is 0 Å². The number of anilines is 1.